The molecular formula is C33H40ClN5O4S. The van der Waals surface area contributed by atoms with Gasteiger partial charge in [-0.2, -0.15) is 4.37 Å². The number of carbonyl (C=O) groups is 2. The number of nitrogens with one attached hydrogen (secondary N) is 1. The van der Waals surface area contributed by atoms with Crippen LogP contribution in [0.25, 0.3) is 10.2 Å². The molecule has 2 unspecified atom stereocenters. The predicted molar refractivity (Wildman–Crippen MR) is 176 cm³/mol. The van der Waals surface area contributed by atoms with Gasteiger partial charge in [0.05, 0.1) is 23.2 Å². The first kappa shape index (κ1) is 33.1. The fourth-order valence-corrected chi connectivity index (χ4v) is 5.98. The SMILES string of the molecule is CCC(C)(c1nc2snc(C)c2c(=O)n1Cc1ccccc1)N(CCC(C)NC(=O)OC(C)(C)C)C(=O)c1ccc(Cl)cc1. The van der Waals surface area contributed by atoms with Crippen LogP contribution in [-0.4, -0.2) is 49.0 Å². The Kier molecular flexibility index (Phi) is 10.2. The molecule has 2 aromatic heterocycles. The van der Waals surface area contributed by atoms with Gasteiger partial charge in [0, 0.05) is 23.2 Å². The number of aromatic nitrogens is 3. The number of nitrogens with zero attached hydrogens (tertiary/aromatic N) is 4. The molecule has 0 bridgehead atoms. The Morgan fingerprint density at radius 1 is 1.09 bits per heavy atom. The van der Waals surface area contributed by atoms with Gasteiger partial charge in [-0.15, -0.1) is 0 Å². The molecule has 234 valence electrons. The van der Waals surface area contributed by atoms with Crippen LogP contribution < -0.4 is 10.9 Å². The van der Waals surface area contributed by atoms with E-state index < -0.39 is 17.2 Å². The summed E-state index contributed by atoms with van der Waals surface area (Å²) < 4.78 is 11.5. The van der Waals surface area contributed by atoms with Gasteiger partial charge in [-0.25, -0.2) is 9.78 Å². The maximum absolute atomic E-state index is 14.3. The zero-order valence-electron chi connectivity index (χ0n) is 26.3. The van der Waals surface area contributed by atoms with Gasteiger partial charge in [0.1, 0.15) is 11.4 Å². The second-order valence-electron chi connectivity index (χ2n) is 12.2. The molecule has 44 heavy (non-hydrogen) atoms. The lowest BCUT2D eigenvalue weighted by molar-refractivity contribution is 0.0420. The maximum atomic E-state index is 14.3. The number of rotatable bonds is 10. The summed E-state index contributed by atoms with van der Waals surface area (Å²) in [6, 6.07) is 16.1. The summed E-state index contributed by atoms with van der Waals surface area (Å²) in [5.74, 6) is 0.233. The van der Waals surface area contributed by atoms with Crippen LogP contribution in [0.15, 0.2) is 59.4 Å². The molecular weight excluding hydrogens is 598 g/mol. The van der Waals surface area contributed by atoms with E-state index in [1.54, 1.807) is 54.5 Å². The smallest absolute Gasteiger partial charge is 0.407 e. The summed E-state index contributed by atoms with van der Waals surface area (Å²) in [7, 11) is 0. The highest BCUT2D eigenvalue weighted by Crippen LogP contribution is 2.34. The molecule has 0 spiro atoms. The highest BCUT2D eigenvalue weighted by molar-refractivity contribution is 7.12. The molecule has 2 heterocycles. The molecule has 0 aliphatic rings. The van der Waals surface area contributed by atoms with Gasteiger partial charge in [0.25, 0.3) is 11.5 Å². The highest BCUT2D eigenvalue weighted by Gasteiger charge is 2.40. The van der Waals surface area contributed by atoms with E-state index in [0.717, 1.165) is 5.56 Å². The molecule has 2 aromatic carbocycles. The molecule has 2 amide bonds. The topological polar surface area (TPSA) is 106 Å². The average Bonchev–Trinajstić information content (AvgIpc) is 3.34. The molecule has 0 saturated carbocycles. The quantitative estimate of drug-likeness (QED) is 0.202. The van der Waals surface area contributed by atoms with Crippen LogP contribution in [0, 0.1) is 6.92 Å². The fraction of sp³-hybridized carbons (Fsp3) is 0.424. The van der Waals surface area contributed by atoms with Crippen molar-refractivity contribution in [1.29, 1.82) is 0 Å². The van der Waals surface area contributed by atoms with E-state index in [1.807, 2.05) is 58.0 Å². The second kappa shape index (κ2) is 13.5. The van der Waals surface area contributed by atoms with Crippen molar-refractivity contribution in [2.75, 3.05) is 6.54 Å². The Morgan fingerprint density at radius 3 is 2.36 bits per heavy atom. The minimum atomic E-state index is -1.01. The van der Waals surface area contributed by atoms with Crippen molar-refractivity contribution in [3.05, 3.63) is 92.6 Å². The standard InChI is InChI=1S/C33H40ClN5O4S/c1-8-33(7,30-36-27-26(22(3)37-44-27)29(41)38(30)20-23-12-10-9-11-13-23)39(28(40)24-14-16-25(34)17-15-24)19-18-21(2)35-31(42)43-32(4,5)6/h9-17,21H,8,18-20H2,1-7H3,(H,35,42). The summed E-state index contributed by atoms with van der Waals surface area (Å²) in [6.07, 6.45) is 0.368. The van der Waals surface area contributed by atoms with E-state index in [9.17, 15) is 14.4 Å². The number of ether oxygens (including phenoxy) is 1. The van der Waals surface area contributed by atoms with Crippen LogP contribution in [0.1, 0.15) is 81.8 Å². The third kappa shape index (κ3) is 7.47. The molecule has 0 aliphatic heterocycles. The van der Waals surface area contributed by atoms with E-state index in [2.05, 4.69) is 9.69 Å². The molecule has 9 nitrogen and oxygen atoms in total. The molecule has 4 aromatic rings. The predicted octanol–water partition coefficient (Wildman–Crippen LogP) is 6.93. The first-order chi connectivity index (χ1) is 20.7. The lowest BCUT2D eigenvalue weighted by atomic mass is 9.92. The summed E-state index contributed by atoms with van der Waals surface area (Å²) in [5, 5.41) is 3.88. The van der Waals surface area contributed by atoms with E-state index in [-0.39, 0.29) is 30.6 Å². The van der Waals surface area contributed by atoms with Crippen molar-refractivity contribution in [3.8, 4) is 0 Å². The monoisotopic (exact) mass is 637 g/mol. The number of amides is 2. The largest absolute Gasteiger partial charge is 0.444 e. The van der Waals surface area contributed by atoms with Crippen LogP contribution in [0.3, 0.4) is 0 Å². The Hall–Kier alpha value is -3.76. The molecule has 0 saturated heterocycles. The zero-order chi connectivity index (χ0) is 32.2. The zero-order valence-corrected chi connectivity index (χ0v) is 27.9. The molecule has 0 aliphatic carbocycles. The third-order valence-corrected chi connectivity index (χ3v) is 8.69. The second-order valence-corrected chi connectivity index (χ2v) is 13.4. The van der Waals surface area contributed by atoms with Gasteiger partial charge in [-0.05, 0) is 95.7 Å². The number of carbonyl (C=O) groups excluding carboxylic acids is 2. The minimum Gasteiger partial charge on any atom is -0.444 e. The molecule has 0 radical (unpaired) electrons. The number of fused-ring (bicyclic) bond motifs is 1. The number of halogens is 1. The lowest BCUT2D eigenvalue weighted by Crippen LogP contribution is -2.52. The minimum absolute atomic E-state index is 0.196. The Morgan fingerprint density at radius 2 is 1.75 bits per heavy atom. The van der Waals surface area contributed by atoms with Crippen LogP contribution in [0.4, 0.5) is 4.79 Å². The van der Waals surface area contributed by atoms with Crippen molar-refractivity contribution in [2.24, 2.45) is 0 Å². The van der Waals surface area contributed by atoms with Crippen molar-refractivity contribution >= 4 is 45.4 Å². The lowest BCUT2D eigenvalue weighted by Gasteiger charge is -2.42. The number of hydrogen-bond acceptors (Lipinski definition) is 7. The van der Waals surface area contributed by atoms with Gasteiger partial charge in [-0.1, -0.05) is 48.9 Å². The molecule has 1 N–H and O–H groups in total. The average molecular weight is 638 g/mol. The van der Waals surface area contributed by atoms with Crippen molar-refractivity contribution in [1.82, 2.24) is 24.1 Å². The molecule has 4 rings (SSSR count). The third-order valence-electron chi connectivity index (χ3n) is 7.60. The molecule has 0 fully saturated rings. The van der Waals surface area contributed by atoms with Crippen LogP contribution in [0.5, 0.6) is 0 Å². The van der Waals surface area contributed by atoms with Crippen molar-refractivity contribution in [2.45, 2.75) is 85.0 Å². The first-order valence-corrected chi connectivity index (χ1v) is 15.9. The van der Waals surface area contributed by atoms with Crippen LogP contribution >= 0.6 is 23.1 Å². The fourth-order valence-electron chi connectivity index (χ4n) is 5.09. The molecule has 11 heteroatoms. The number of hydrogen-bond donors (Lipinski definition) is 1. The van der Waals surface area contributed by atoms with Crippen LogP contribution in [-0.2, 0) is 16.8 Å². The Balaban J connectivity index is 1.81. The van der Waals surface area contributed by atoms with Gasteiger partial charge >= 0.3 is 6.09 Å². The summed E-state index contributed by atoms with van der Waals surface area (Å²) in [6.45, 7) is 13.6. The van der Waals surface area contributed by atoms with Crippen molar-refractivity contribution < 1.29 is 14.3 Å². The maximum Gasteiger partial charge on any atom is 0.407 e. The van der Waals surface area contributed by atoms with Gasteiger partial charge in [-0.3, -0.25) is 14.2 Å². The van der Waals surface area contributed by atoms with Gasteiger partial charge in [0.2, 0.25) is 0 Å². The number of alkyl carbamates (subject to hydrolysis) is 1. The van der Waals surface area contributed by atoms with Crippen LogP contribution in [0.2, 0.25) is 5.02 Å². The Labute approximate surface area is 267 Å². The van der Waals surface area contributed by atoms with Crippen molar-refractivity contribution in [3.63, 3.8) is 0 Å². The van der Waals surface area contributed by atoms with Gasteiger partial charge in [0.15, 0.2) is 4.83 Å². The number of aryl methyl sites for hydroxylation is 1. The Bertz CT molecular complexity index is 1680. The number of benzene rings is 2. The van der Waals surface area contributed by atoms with E-state index in [4.69, 9.17) is 21.3 Å². The normalized spacial score (nSPS) is 13.7. The summed E-state index contributed by atoms with van der Waals surface area (Å²) in [5.41, 5.74) is 0.171. The highest BCUT2D eigenvalue weighted by atomic mass is 35.5. The van der Waals surface area contributed by atoms with E-state index >= 15 is 0 Å². The van der Waals surface area contributed by atoms with E-state index in [0.29, 0.717) is 45.2 Å². The van der Waals surface area contributed by atoms with E-state index in [1.165, 1.54) is 11.5 Å². The first-order valence-electron chi connectivity index (χ1n) is 14.7. The molecule has 2 atom stereocenters. The summed E-state index contributed by atoms with van der Waals surface area (Å²) >= 11 is 7.33. The summed E-state index contributed by atoms with van der Waals surface area (Å²) in [4.78, 5) is 48.2. The van der Waals surface area contributed by atoms with Gasteiger partial charge < -0.3 is 15.0 Å².